The van der Waals surface area contributed by atoms with Crippen molar-refractivity contribution >= 4 is 35.9 Å². The van der Waals surface area contributed by atoms with Crippen molar-refractivity contribution in [1.29, 1.82) is 0 Å². The molecule has 1 aliphatic rings. The van der Waals surface area contributed by atoms with Crippen molar-refractivity contribution in [2.45, 2.75) is 60.0 Å². The largest absolute Gasteiger partial charge is 0.494 e. The van der Waals surface area contributed by atoms with Gasteiger partial charge < -0.3 is 16.2 Å². The standard InChI is InChI=1S/C20H29N5O3.ClH/c1-11(2)6-9-13-15(21)23-25-17(13)24(10-20(3,4)5)18(27)14(19(25)28)16(26)22-12-7-8-12;/h6,9,11-12,27H,7-8,10H2,1-5H3,(H2,21,23)(H,22,26);1H/b9-6+;. The van der Waals surface area contributed by atoms with Crippen LogP contribution < -0.4 is 16.6 Å². The van der Waals surface area contributed by atoms with Gasteiger partial charge in [-0.15, -0.1) is 17.5 Å². The Morgan fingerprint density at radius 3 is 2.52 bits per heavy atom. The first-order valence-electron chi connectivity index (χ1n) is 9.62. The van der Waals surface area contributed by atoms with Crippen LogP contribution in [0.3, 0.4) is 0 Å². The number of nitrogens with two attached hydrogens (primary N) is 1. The lowest BCUT2D eigenvalue weighted by atomic mass is 9.96. The molecule has 0 spiro atoms. The van der Waals surface area contributed by atoms with Crippen LogP contribution in [0.1, 0.15) is 63.4 Å². The highest BCUT2D eigenvalue weighted by atomic mass is 35.5. The number of carbonyl (C=O) groups excluding carboxylic acids is 1. The molecule has 2 aromatic heterocycles. The highest BCUT2D eigenvalue weighted by molar-refractivity contribution is 5.97. The van der Waals surface area contributed by atoms with Gasteiger partial charge in [-0.1, -0.05) is 46.8 Å². The number of aromatic nitrogens is 3. The number of hydrogen-bond donors (Lipinski definition) is 3. The van der Waals surface area contributed by atoms with E-state index >= 15 is 0 Å². The summed E-state index contributed by atoms with van der Waals surface area (Å²) in [6, 6.07) is 0.0605. The molecule has 0 aromatic carbocycles. The zero-order chi connectivity index (χ0) is 20.8. The lowest BCUT2D eigenvalue weighted by Gasteiger charge is -2.23. The van der Waals surface area contributed by atoms with Gasteiger partial charge in [0.1, 0.15) is 0 Å². The van der Waals surface area contributed by atoms with Crippen LogP contribution in [0.4, 0.5) is 5.82 Å². The average molecular weight is 424 g/mol. The van der Waals surface area contributed by atoms with Gasteiger partial charge in [-0.25, -0.2) is 0 Å². The van der Waals surface area contributed by atoms with E-state index in [2.05, 4.69) is 10.4 Å². The molecular formula is C20H30ClN5O3. The Bertz CT molecular complexity index is 1010. The quantitative estimate of drug-likeness (QED) is 0.684. The van der Waals surface area contributed by atoms with Crippen LogP contribution in [0.25, 0.3) is 11.7 Å². The number of halogens is 1. The Hall–Kier alpha value is -2.48. The number of anilines is 1. The predicted octanol–water partition coefficient (Wildman–Crippen LogP) is 2.81. The number of aromatic hydroxyl groups is 1. The smallest absolute Gasteiger partial charge is 0.291 e. The third kappa shape index (κ3) is 4.75. The van der Waals surface area contributed by atoms with Gasteiger partial charge in [0.05, 0.1) is 5.56 Å². The molecule has 4 N–H and O–H groups in total. The minimum atomic E-state index is -0.674. The van der Waals surface area contributed by atoms with Crippen molar-refractivity contribution in [3.63, 3.8) is 0 Å². The first-order valence-corrected chi connectivity index (χ1v) is 9.62. The summed E-state index contributed by atoms with van der Waals surface area (Å²) in [6.45, 7) is 10.5. The van der Waals surface area contributed by atoms with Crippen molar-refractivity contribution in [1.82, 2.24) is 19.5 Å². The first-order chi connectivity index (χ1) is 13.0. The molecule has 1 aliphatic carbocycles. The maximum Gasteiger partial charge on any atom is 0.291 e. The van der Waals surface area contributed by atoms with E-state index in [1.165, 1.54) is 0 Å². The van der Waals surface area contributed by atoms with Gasteiger partial charge in [0.2, 0.25) is 5.88 Å². The molecule has 2 heterocycles. The molecule has 0 aliphatic heterocycles. The minimum Gasteiger partial charge on any atom is -0.494 e. The normalized spacial score (nSPS) is 14.6. The summed E-state index contributed by atoms with van der Waals surface area (Å²) >= 11 is 0. The van der Waals surface area contributed by atoms with Crippen LogP contribution >= 0.6 is 12.4 Å². The molecule has 29 heavy (non-hydrogen) atoms. The number of nitrogen functional groups attached to an aromatic ring is 1. The van der Waals surface area contributed by atoms with Crippen LogP contribution in [-0.4, -0.2) is 31.2 Å². The second kappa shape index (κ2) is 8.10. The van der Waals surface area contributed by atoms with Crippen LogP contribution in [0, 0.1) is 11.3 Å². The molecule has 0 radical (unpaired) electrons. The van der Waals surface area contributed by atoms with E-state index in [9.17, 15) is 14.7 Å². The zero-order valence-corrected chi connectivity index (χ0v) is 18.3. The summed E-state index contributed by atoms with van der Waals surface area (Å²) in [5, 5.41) is 17.9. The Labute approximate surface area is 176 Å². The maximum absolute atomic E-state index is 13.0. The van der Waals surface area contributed by atoms with E-state index in [0.717, 1.165) is 17.4 Å². The van der Waals surface area contributed by atoms with Crippen LogP contribution in [0.15, 0.2) is 10.9 Å². The number of nitrogens with zero attached hydrogens (tertiary/aromatic N) is 3. The molecule has 8 nitrogen and oxygen atoms in total. The molecule has 3 rings (SSSR count). The summed E-state index contributed by atoms with van der Waals surface area (Å²) in [4.78, 5) is 25.6. The topological polar surface area (TPSA) is 115 Å². The van der Waals surface area contributed by atoms with E-state index in [1.54, 1.807) is 4.57 Å². The minimum absolute atomic E-state index is 0. The van der Waals surface area contributed by atoms with Gasteiger partial charge >= 0.3 is 0 Å². The zero-order valence-electron chi connectivity index (χ0n) is 17.5. The summed E-state index contributed by atoms with van der Waals surface area (Å²) in [5.41, 5.74) is 5.83. The highest BCUT2D eigenvalue weighted by Gasteiger charge is 2.31. The molecule has 1 fully saturated rings. The van der Waals surface area contributed by atoms with Crippen LogP contribution in [0.2, 0.25) is 0 Å². The molecular weight excluding hydrogens is 394 g/mol. The molecule has 2 aromatic rings. The van der Waals surface area contributed by atoms with Crippen LogP contribution in [0.5, 0.6) is 5.88 Å². The summed E-state index contributed by atoms with van der Waals surface area (Å²) in [7, 11) is 0. The number of nitrogens with one attached hydrogen (secondary N) is 1. The number of fused-ring (bicyclic) bond motifs is 1. The SMILES string of the molecule is CC(C)/C=C/c1c(N)nn2c(=O)c(C(=O)NC3CC3)c(O)n(CC(C)(C)C)c12.Cl. The average Bonchev–Trinajstić information content (AvgIpc) is 3.30. The molecule has 0 saturated heterocycles. The molecule has 0 unspecified atom stereocenters. The van der Waals surface area contributed by atoms with Crippen molar-refractivity contribution in [2.75, 3.05) is 5.73 Å². The van der Waals surface area contributed by atoms with Gasteiger partial charge in [0, 0.05) is 12.6 Å². The highest BCUT2D eigenvalue weighted by Crippen LogP contribution is 2.29. The number of allylic oxidation sites excluding steroid dienone is 1. The molecule has 1 amide bonds. The third-order valence-corrected chi connectivity index (χ3v) is 4.49. The summed E-state index contributed by atoms with van der Waals surface area (Å²) in [6.07, 6.45) is 5.52. The van der Waals surface area contributed by atoms with Crippen molar-refractivity contribution < 1.29 is 9.90 Å². The fourth-order valence-electron chi connectivity index (χ4n) is 3.03. The molecule has 1 saturated carbocycles. The predicted molar refractivity (Wildman–Crippen MR) is 117 cm³/mol. The van der Waals surface area contributed by atoms with E-state index in [-0.39, 0.29) is 47.0 Å². The van der Waals surface area contributed by atoms with Crippen LogP contribution in [-0.2, 0) is 6.54 Å². The Kier molecular flexibility index (Phi) is 6.37. The van der Waals surface area contributed by atoms with E-state index in [4.69, 9.17) is 5.73 Å². The fraction of sp³-hybridized carbons (Fsp3) is 0.550. The lowest BCUT2D eigenvalue weighted by molar-refractivity contribution is 0.0944. The molecule has 160 valence electrons. The number of amides is 1. The van der Waals surface area contributed by atoms with Crippen molar-refractivity contribution in [2.24, 2.45) is 11.3 Å². The number of carbonyl (C=O) groups is 1. The van der Waals surface area contributed by atoms with Crippen molar-refractivity contribution in [3.05, 3.63) is 27.6 Å². The van der Waals surface area contributed by atoms with E-state index in [0.29, 0.717) is 17.8 Å². The van der Waals surface area contributed by atoms with Gasteiger partial charge in [-0.3, -0.25) is 14.2 Å². The second-order valence-corrected chi connectivity index (χ2v) is 9.04. The number of hydrogen-bond acceptors (Lipinski definition) is 5. The second-order valence-electron chi connectivity index (χ2n) is 9.04. The van der Waals surface area contributed by atoms with Gasteiger partial charge in [-0.05, 0) is 24.2 Å². The van der Waals surface area contributed by atoms with E-state index in [1.807, 2.05) is 46.8 Å². The van der Waals surface area contributed by atoms with Gasteiger partial charge in [-0.2, -0.15) is 4.52 Å². The maximum atomic E-state index is 13.0. The first kappa shape index (κ1) is 22.8. The molecule has 0 bridgehead atoms. The van der Waals surface area contributed by atoms with E-state index < -0.39 is 11.5 Å². The van der Waals surface area contributed by atoms with Gasteiger partial charge in [0.15, 0.2) is 17.0 Å². The molecule has 9 heteroatoms. The fourth-order valence-corrected chi connectivity index (χ4v) is 3.03. The lowest BCUT2D eigenvalue weighted by Crippen LogP contribution is -2.35. The third-order valence-electron chi connectivity index (χ3n) is 4.49. The Balaban J connectivity index is 0.00000300. The Morgan fingerprint density at radius 2 is 2.00 bits per heavy atom. The van der Waals surface area contributed by atoms with Crippen molar-refractivity contribution in [3.8, 4) is 5.88 Å². The van der Waals surface area contributed by atoms with Gasteiger partial charge in [0.25, 0.3) is 11.5 Å². The molecule has 0 atom stereocenters. The Morgan fingerprint density at radius 1 is 1.38 bits per heavy atom. The number of rotatable bonds is 5. The summed E-state index contributed by atoms with van der Waals surface area (Å²) < 4.78 is 2.69. The summed E-state index contributed by atoms with van der Waals surface area (Å²) in [5.74, 6) is -0.488. The monoisotopic (exact) mass is 423 g/mol.